The highest BCUT2D eigenvalue weighted by atomic mass is 35.5. The molecule has 0 saturated carbocycles. The summed E-state index contributed by atoms with van der Waals surface area (Å²) < 4.78 is 33.0. The molecule has 8 heteroatoms. The Morgan fingerprint density at radius 3 is 2.41 bits per heavy atom. The third-order valence-electron chi connectivity index (χ3n) is 4.53. The van der Waals surface area contributed by atoms with E-state index in [9.17, 15) is 18.3 Å². The van der Waals surface area contributed by atoms with Crippen molar-refractivity contribution in [3.05, 3.63) is 64.7 Å². The van der Waals surface area contributed by atoms with Crippen molar-refractivity contribution < 1.29 is 23.1 Å². The standard InChI is InChI=1S/C19H20ClNO5S/c1-13-2-8-17(9-3-13)27(24,25)21-11-18(19(22)23)26-12-16(21)10-14-4-6-15(20)7-5-14/h2-9,16,18H,10-12H2,1H3,(H,22,23)/t16?,18-/m0/s1. The van der Waals surface area contributed by atoms with Crippen LogP contribution in [0.15, 0.2) is 53.4 Å². The summed E-state index contributed by atoms with van der Waals surface area (Å²) in [4.78, 5) is 11.5. The molecule has 1 aliphatic rings. The Kier molecular flexibility index (Phi) is 5.86. The monoisotopic (exact) mass is 409 g/mol. The Bertz CT molecular complexity index is 912. The van der Waals surface area contributed by atoms with Gasteiger partial charge in [-0.05, 0) is 43.2 Å². The fraction of sp³-hybridized carbons (Fsp3) is 0.316. The minimum atomic E-state index is -3.86. The summed E-state index contributed by atoms with van der Waals surface area (Å²) in [5.41, 5.74) is 1.84. The largest absolute Gasteiger partial charge is 0.479 e. The highest BCUT2D eigenvalue weighted by Crippen LogP contribution is 2.25. The maximum Gasteiger partial charge on any atom is 0.334 e. The molecule has 3 rings (SSSR count). The minimum absolute atomic E-state index is 0.00465. The number of sulfonamides is 1. The first-order chi connectivity index (χ1) is 12.8. The van der Waals surface area contributed by atoms with Gasteiger partial charge in [-0.15, -0.1) is 0 Å². The average Bonchev–Trinajstić information content (AvgIpc) is 2.64. The molecule has 0 spiro atoms. The molecule has 0 radical (unpaired) electrons. The molecule has 6 nitrogen and oxygen atoms in total. The number of halogens is 1. The van der Waals surface area contributed by atoms with Gasteiger partial charge in [0.25, 0.3) is 0 Å². The fourth-order valence-corrected chi connectivity index (χ4v) is 4.75. The maximum absolute atomic E-state index is 13.2. The third kappa shape index (κ3) is 4.50. The van der Waals surface area contributed by atoms with Gasteiger partial charge >= 0.3 is 5.97 Å². The molecular formula is C19H20ClNO5S. The van der Waals surface area contributed by atoms with Gasteiger partial charge in [-0.1, -0.05) is 41.4 Å². The average molecular weight is 410 g/mol. The van der Waals surface area contributed by atoms with Gasteiger partial charge in [0.05, 0.1) is 24.1 Å². The quantitative estimate of drug-likeness (QED) is 0.820. The van der Waals surface area contributed by atoms with Crippen LogP contribution in [0.3, 0.4) is 0 Å². The van der Waals surface area contributed by atoms with Crippen molar-refractivity contribution in [3.63, 3.8) is 0 Å². The molecule has 1 aliphatic heterocycles. The van der Waals surface area contributed by atoms with Gasteiger partial charge in [0.2, 0.25) is 10.0 Å². The fourth-order valence-electron chi connectivity index (χ4n) is 3.02. The van der Waals surface area contributed by atoms with Gasteiger partial charge in [0.1, 0.15) is 0 Å². The number of benzene rings is 2. The zero-order chi connectivity index (χ0) is 19.6. The molecule has 0 aliphatic carbocycles. The first-order valence-corrected chi connectivity index (χ1v) is 10.3. The molecule has 1 N–H and O–H groups in total. The second-order valence-electron chi connectivity index (χ2n) is 6.53. The second kappa shape index (κ2) is 7.98. The van der Waals surface area contributed by atoms with Crippen molar-refractivity contribution in [3.8, 4) is 0 Å². The Morgan fingerprint density at radius 2 is 1.81 bits per heavy atom. The number of aliphatic carboxylic acids is 1. The van der Waals surface area contributed by atoms with E-state index >= 15 is 0 Å². The van der Waals surface area contributed by atoms with Crippen LogP contribution >= 0.6 is 11.6 Å². The number of aryl methyl sites for hydroxylation is 1. The lowest BCUT2D eigenvalue weighted by molar-refractivity contribution is -0.156. The number of rotatable bonds is 5. The molecule has 1 saturated heterocycles. The van der Waals surface area contributed by atoms with Crippen molar-refractivity contribution in [2.24, 2.45) is 0 Å². The third-order valence-corrected chi connectivity index (χ3v) is 6.71. The molecule has 27 heavy (non-hydrogen) atoms. The molecule has 2 aromatic rings. The van der Waals surface area contributed by atoms with E-state index in [0.29, 0.717) is 11.4 Å². The zero-order valence-electron chi connectivity index (χ0n) is 14.7. The number of hydrogen-bond acceptors (Lipinski definition) is 4. The van der Waals surface area contributed by atoms with Crippen LogP contribution < -0.4 is 0 Å². The summed E-state index contributed by atoms with van der Waals surface area (Å²) in [6.07, 6.45) is -0.791. The lowest BCUT2D eigenvalue weighted by Crippen LogP contribution is -2.55. The SMILES string of the molecule is Cc1ccc(S(=O)(=O)N2C[C@@H](C(=O)O)OCC2Cc2ccc(Cl)cc2)cc1. The molecule has 1 unspecified atom stereocenters. The van der Waals surface area contributed by atoms with E-state index < -0.39 is 28.1 Å². The van der Waals surface area contributed by atoms with E-state index in [0.717, 1.165) is 11.1 Å². The molecular weight excluding hydrogens is 390 g/mol. The highest BCUT2D eigenvalue weighted by Gasteiger charge is 2.40. The van der Waals surface area contributed by atoms with E-state index in [-0.39, 0.29) is 18.0 Å². The van der Waals surface area contributed by atoms with Gasteiger partial charge in [0, 0.05) is 5.02 Å². The number of carbonyl (C=O) groups is 1. The zero-order valence-corrected chi connectivity index (χ0v) is 16.3. The van der Waals surface area contributed by atoms with Crippen molar-refractivity contribution in [1.82, 2.24) is 4.31 Å². The summed E-state index contributed by atoms with van der Waals surface area (Å²) in [7, 11) is -3.86. The summed E-state index contributed by atoms with van der Waals surface area (Å²) >= 11 is 5.91. The van der Waals surface area contributed by atoms with Crippen molar-refractivity contribution in [2.75, 3.05) is 13.2 Å². The number of carboxylic acid groups (broad SMARTS) is 1. The smallest absolute Gasteiger partial charge is 0.334 e. The number of hydrogen-bond donors (Lipinski definition) is 1. The number of carboxylic acids is 1. The van der Waals surface area contributed by atoms with Crippen LogP contribution in [0, 0.1) is 6.92 Å². The minimum Gasteiger partial charge on any atom is -0.479 e. The molecule has 1 fully saturated rings. The summed E-state index contributed by atoms with van der Waals surface area (Å²) in [5.74, 6) is -1.18. The van der Waals surface area contributed by atoms with E-state index in [1.54, 1.807) is 24.3 Å². The molecule has 2 atom stereocenters. The molecule has 2 aromatic carbocycles. The molecule has 0 bridgehead atoms. The normalized spacial score (nSPS) is 21.1. The van der Waals surface area contributed by atoms with Crippen LogP contribution in [0.4, 0.5) is 0 Å². The van der Waals surface area contributed by atoms with Crippen LogP contribution in [0.25, 0.3) is 0 Å². The molecule has 1 heterocycles. The highest BCUT2D eigenvalue weighted by molar-refractivity contribution is 7.89. The number of nitrogens with zero attached hydrogens (tertiary/aromatic N) is 1. The van der Waals surface area contributed by atoms with Gasteiger partial charge in [0.15, 0.2) is 6.10 Å². The summed E-state index contributed by atoms with van der Waals surface area (Å²) in [5, 5.41) is 9.87. The predicted molar refractivity (Wildman–Crippen MR) is 101 cm³/mol. The maximum atomic E-state index is 13.2. The topological polar surface area (TPSA) is 83.9 Å². The van der Waals surface area contributed by atoms with Crippen LogP contribution in [0.5, 0.6) is 0 Å². The first kappa shape index (κ1) is 19.8. The Balaban J connectivity index is 1.92. The van der Waals surface area contributed by atoms with Crippen molar-refractivity contribution >= 4 is 27.6 Å². The summed E-state index contributed by atoms with van der Waals surface area (Å²) in [6.45, 7) is 1.64. The molecule has 0 amide bonds. The summed E-state index contributed by atoms with van der Waals surface area (Å²) in [6, 6.07) is 13.1. The van der Waals surface area contributed by atoms with Gasteiger partial charge < -0.3 is 9.84 Å². The van der Waals surface area contributed by atoms with Gasteiger partial charge in [-0.3, -0.25) is 0 Å². The Hall–Kier alpha value is -1.93. The van der Waals surface area contributed by atoms with Crippen molar-refractivity contribution in [2.45, 2.75) is 30.4 Å². The van der Waals surface area contributed by atoms with Crippen LogP contribution in [-0.4, -0.2) is 49.1 Å². The Morgan fingerprint density at radius 1 is 1.19 bits per heavy atom. The van der Waals surface area contributed by atoms with Gasteiger partial charge in [-0.2, -0.15) is 4.31 Å². The van der Waals surface area contributed by atoms with E-state index in [4.69, 9.17) is 16.3 Å². The van der Waals surface area contributed by atoms with E-state index in [1.807, 2.05) is 19.1 Å². The lowest BCUT2D eigenvalue weighted by atomic mass is 10.1. The first-order valence-electron chi connectivity index (χ1n) is 8.45. The molecule has 144 valence electrons. The van der Waals surface area contributed by atoms with Crippen LogP contribution in [0.2, 0.25) is 5.02 Å². The predicted octanol–water partition coefficient (Wildman–Crippen LogP) is 2.73. The van der Waals surface area contributed by atoms with Crippen LogP contribution in [0.1, 0.15) is 11.1 Å². The van der Waals surface area contributed by atoms with Gasteiger partial charge in [-0.25, -0.2) is 13.2 Å². The van der Waals surface area contributed by atoms with Crippen LogP contribution in [-0.2, 0) is 26.0 Å². The van der Waals surface area contributed by atoms with Crippen molar-refractivity contribution in [1.29, 1.82) is 0 Å². The van der Waals surface area contributed by atoms with E-state index in [2.05, 4.69) is 0 Å². The Labute approximate surface area is 163 Å². The second-order valence-corrected chi connectivity index (χ2v) is 8.86. The molecule has 0 aromatic heterocycles. The number of ether oxygens (including phenoxy) is 1. The lowest BCUT2D eigenvalue weighted by Gasteiger charge is -2.37. The van der Waals surface area contributed by atoms with E-state index in [1.165, 1.54) is 16.4 Å². The number of morpholine rings is 1.